The third-order valence-electron chi connectivity index (χ3n) is 1.90. The molecule has 0 amide bonds. The van der Waals surface area contributed by atoms with Gasteiger partial charge in [0.05, 0.1) is 0 Å². The fourth-order valence-corrected chi connectivity index (χ4v) is 1.28. The van der Waals surface area contributed by atoms with E-state index < -0.39 is 0 Å². The van der Waals surface area contributed by atoms with E-state index in [1.54, 1.807) is 0 Å². The van der Waals surface area contributed by atoms with Gasteiger partial charge in [-0.25, -0.2) is 0 Å². The van der Waals surface area contributed by atoms with Gasteiger partial charge in [0, 0.05) is 6.42 Å². The van der Waals surface area contributed by atoms with Crippen LogP contribution in [0, 0.1) is 6.42 Å². The third kappa shape index (κ3) is 1.48. The second kappa shape index (κ2) is 3.40. The number of hydrogen-bond donors (Lipinski definition) is 0. The smallest absolute Gasteiger partial charge is 0.0131 e. The second-order valence-electron chi connectivity index (χ2n) is 2.78. The minimum atomic E-state index is 0.941. The molecule has 0 nitrogen and oxygen atoms in total. The van der Waals surface area contributed by atoms with E-state index in [-0.39, 0.29) is 0 Å². The summed E-state index contributed by atoms with van der Waals surface area (Å²) in [5.74, 6) is 0. The first-order chi connectivity index (χ1) is 5.97. The maximum atomic E-state index is 3.18. The van der Waals surface area contributed by atoms with Gasteiger partial charge in [-0.15, -0.1) is 0 Å². The first-order valence-corrected chi connectivity index (χ1v) is 4.12. The molecule has 0 fully saturated rings. The van der Waals surface area contributed by atoms with Gasteiger partial charge in [-0.3, -0.25) is 0 Å². The van der Waals surface area contributed by atoms with Gasteiger partial charge in [0.1, 0.15) is 0 Å². The van der Waals surface area contributed by atoms with Crippen molar-refractivity contribution in [3.05, 3.63) is 60.5 Å². The quantitative estimate of drug-likeness (QED) is 0.583. The summed E-state index contributed by atoms with van der Waals surface area (Å²) in [6.07, 6.45) is 10.4. The molecule has 1 aromatic carbocycles. The molecule has 0 spiro atoms. The third-order valence-corrected chi connectivity index (χ3v) is 1.90. The summed E-state index contributed by atoms with van der Waals surface area (Å²) >= 11 is 0. The van der Waals surface area contributed by atoms with Gasteiger partial charge in [0.15, 0.2) is 0 Å². The molecule has 0 unspecified atom stereocenters. The van der Waals surface area contributed by atoms with E-state index >= 15 is 0 Å². The highest BCUT2D eigenvalue weighted by atomic mass is 14.0. The Morgan fingerprint density at radius 1 is 1.08 bits per heavy atom. The highest BCUT2D eigenvalue weighted by Crippen LogP contribution is 2.19. The van der Waals surface area contributed by atoms with E-state index in [4.69, 9.17) is 0 Å². The summed E-state index contributed by atoms with van der Waals surface area (Å²) in [4.78, 5) is 0. The molecular weight excluding hydrogens is 144 g/mol. The van der Waals surface area contributed by atoms with Crippen LogP contribution < -0.4 is 0 Å². The minimum Gasteiger partial charge on any atom is -0.0830 e. The Morgan fingerprint density at radius 3 is 2.58 bits per heavy atom. The van der Waals surface area contributed by atoms with E-state index in [0.29, 0.717) is 0 Å². The van der Waals surface area contributed by atoms with Gasteiger partial charge in [-0.2, -0.15) is 0 Å². The largest absolute Gasteiger partial charge is 0.0830 e. The lowest BCUT2D eigenvalue weighted by Crippen LogP contribution is -1.84. The summed E-state index contributed by atoms with van der Waals surface area (Å²) in [6, 6.07) is 10.4. The van der Waals surface area contributed by atoms with Crippen molar-refractivity contribution in [1.29, 1.82) is 0 Å². The lowest BCUT2D eigenvalue weighted by atomic mass is 10.00. The fraction of sp³-hybridized carbons (Fsp3) is 0.0833. The Labute approximate surface area is 73.2 Å². The highest BCUT2D eigenvalue weighted by Gasteiger charge is 1.98. The molecule has 2 radical (unpaired) electrons. The Hall–Kier alpha value is -1.30. The Kier molecular flexibility index (Phi) is 2.08. The molecule has 0 N–H and O–H groups in total. The summed E-state index contributed by atoms with van der Waals surface area (Å²) in [5, 5.41) is 0. The van der Waals surface area contributed by atoms with Crippen LogP contribution >= 0.6 is 0 Å². The van der Waals surface area contributed by atoms with E-state index in [1.165, 1.54) is 11.1 Å². The summed E-state index contributed by atoms with van der Waals surface area (Å²) in [7, 11) is 0. The molecule has 1 aliphatic carbocycles. The first-order valence-electron chi connectivity index (χ1n) is 4.12. The molecule has 58 valence electrons. The van der Waals surface area contributed by atoms with Crippen LogP contribution in [0.3, 0.4) is 0 Å². The first kappa shape index (κ1) is 7.35. The Morgan fingerprint density at radius 2 is 1.92 bits per heavy atom. The molecule has 0 bridgehead atoms. The van der Waals surface area contributed by atoms with Crippen molar-refractivity contribution in [3.63, 3.8) is 0 Å². The normalized spacial score (nSPS) is 15.8. The zero-order valence-corrected chi connectivity index (χ0v) is 6.83. The van der Waals surface area contributed by atoms with Gasteiger partial charge in [-0.1, -0.05) is 48.6 Å². The van der Waals surface area contributed by atoms with Crippen molar-refractivity contribution in [1.82, 2.24) is 0 Å². The summed E-state index contributed by atoms with van der Waals surface area (Å²) < 4.78 is 0. The molecular formula is C12H10. The Bertz CT molecular complexity index is 304. The average molecular weight is 154 g/mol. The van der Waals surface area contributed by atoms with Crippen LogP contribution in [0.25, 0.3) is 5.57 Å². The number of hydrogen-bond acceptors (Lipinski definition) is 0. The topological polar surface area (TPSA) is 0 Å². The lowest BCUT2D eigenvalue weighted by molar-refractivity contribution is 1.27. The number of benzene rings is 1. The molecule has 0 saturated heterocycles. The predicted octanol–water partition coefficient (Wildman–Crippen LogP) is 3.11. The van der Waals surface area contributed by atoms with Crippen LogP contribution in [-0.4, -0.2) is 0 Å². The Balaban J connectivity index is 2.31. The van der Waals surface area contributed by atoms with Crippen molar-refractivity contribution in [3.8, 4) is 0 Å². The molecule has 0 saturated carbocycles. The van der Waals surface area contributed by atoms with Crippen LogP contribution in [0.5, 0.6) is 0 Å². The highest BCUT2D eigenvalue weighted by molar-refractivity contribution is 5.75. The summed E-state index contributed by atoms with van der Waals surface area (Å²) in [6.45, 7) is 0. The van der Waals surface area contributed by atoms with Gasteiger partial charge < -0.3 is 0 Å². The molecule has 0 heterocycles. The minimum absolute atomic E-state index is 0.941. The molecule has 2 rings (SSSR count). The molecule has 12 heavy (non-hydrogen) atoms. The van der Waals surface area contributed by atoms with E-state index in [2.05, 4.69) is 48.9 Å². The average Bonchev–Trinajstić information content (AvgIpc) is 2.21. The van der Waals surface area contributed by atoms with E-state index in [9.17, 15) is 0 Å². The molecule has 1 aliphatic rings. The van der Waals surface area contributed by atoms with Crippen LogP contribution in [0.2, 0.25) is 0 Å². The van der Waals surface area contributed by atoms with Crippen LogP contribution in [-0.2, 0) is 0 Å². The number of rotatable bonds is 1. The summed E-state index contributed by atoms with van der Waals surface area (Å²) in [5.41, 5.74) is 2.52. The van der Waals surface area contributed by atoms with Crippen molar-refractivity contribution in [2.24, 2.45) is 0 Å². The van der Waals surface area contributed by atoms with E-state index in [0.717, 1.165) is 6.42 Å². The number of allylic oxidation sites excluding steroid dienone is 4. The van der Waals surface area contributed by atoms with Gasteiger partial charge in [-0.05, 0) is 17.6 Å². The van der Waals surface area contributed by atoms with Crippen LogP contribution in [0.1, 0.15) is 12.0 Å². The SMILES string of the molecule is [C]1C=C(c2ccccc2)C=CC1. The second-order valence-corrected chi connectivity index (χ2v) is 2.78. The van der Waals surface area contributed by atoms with Crippen molar-refractivity contribution in [2.75, 3.05) is 0 Å². The molecule has 0 aromatic heterocycles. The zero-order chi connectivity index (χ0) is 8.23. The van der Waals surface area contributed by atoms with Crippen molar-refractivity contribution < 1.29 is 0 Å². The van der Waals surface area contributed by atoms with Gasteiger partial charge >= 0.3 is 0 Å². The molecule has 0 atom stereocenters. The zero-order valence-electron chi connectivity index (χ0n) is 6.83. The fourth-order valence-electron chi connectivity index (χ4n) is 1.28. The van der Waals surface area contributed by atoms with Crippen molar-refractivity contribution in [2.45, 2.75) is 6.42 Å². The molecule has 0 aliphatic heterocycles. The lowest BCUT2D eigenvalue weighted by Gasteiger charge is -2.05. The van der Waals surface area contributed by atoms with Crippen LogP contribution in [0.4, 0.5) is 0 Å². The monoisotopic (exact) mass is 154 g/mol. The van der Waals surface area contributed by atoms with Gasteiger partial charge in [0.25, 0.3) is 0 Å². The van der Waals surface area contributed by atoms with Crippen molar-refractivity contribution >= 4 is 5.57 Å². The molecule has 0 heteroatoms. The standard InChI is InChI=1S/C12H10/c1-3-7-11(8-4-1)12-9-5-2-6-10-12/h1,3-5,7-10H,2H2. The van der Waals surface area contributed by atoms with Crippen LogP contribution in [0.15, 0.2) is 48.6 Å². The predicted molar refractivity (Wildman–Crippen MR) is 51.4 cm³/mol. The maximum absolute atomic E-state index is 3.18. The maximum Gasteiger partial charge on any atom is 0.0131 e. The van der Waals surface area contributed by atoms with E-state index in [1.807, 2.05) is 6.07 Å². The van der Waals surface area contributed by atoms with Gasteiger partial charge in [0.2, 0.25) is 0 Å². The molecule has 1 aromatic rings.